The van der Waals surface area contributed by atoms with Crippen molar-refractivity contribution in [3.8, 4) is 0 Å². The molecule has 7 nitrogen and oxygen atoms in total. The van der Waals surface area contributed by atoms with Gasteiger partial charge in [0, 0.05) is 74.4 Å². The Balaban J connectivity index is 0.00000441. The van der Waals surface area contributed by atoms with E-state index in [1.165, 1.54) is 11.8 Å². The van der Waals surface area contributed by atoms with E-state index in [1.807, 2.05) is 29.2 Å². The van der Waals surface area contributed by atoms with E-state index in [0.717, 1.165) is 62.6 Å². The van der Waals surface area contributed by atoms with Gasteiger partial charge in [0.25, 0.3) is 0 Å². The summed E-state index contributed by atoms with van der Waals surface area (Å²) in [6.45, 7) is 5.66. The third-order valence-corrected chi connectivity index (χ3v) is 8.74. The molecule has 0 saturated carbocycles. The van der Waals surface area contributed by atoms with Crippen LogP contribution in [0, 0.1) is 0 Å². The number of carbonyl (C=O) groups is 1. The van der Waals surface area contributed by atoms with E-state index in [4.69, 9.17) is 11.6 Å². The molecule has 2 aromatic rings. The number of halogens is 4. The number of hydrogen-bond acceptors (Lipinski definition) is 6. The van der Waals surface area contributed by atoms with Gasteiger partial charge in [0.1, 0.15) is 0 Å². The van der Waals surface area contributed by atoms with Crippen LogP contribution in [0.2, 0.25) is 5.02 Å². The molecule has 1 N–H and O–H groups in total. The molecule has 2 saturated heterocycles. The number of benzene rings is 2. The molecule has 2 aliphatic rings. The minimum Gasteiger partial charge on any atom is -0.382 e. The Hall–Kier alpha value is -2.50. The Morgan fingerprint density at radius 2 is 1.62 bits per heavy atom. The van der Waals surface area contributed by atoms with E-state index in [2.05, 4.69) is 15.1 Å². The van der Waals surface area contributed by atoms with Crippen molar-refractivity contribution in [3.05, 3.63) is 53.1 Å². The van der Waals surface area contributed by atoms with Crippen LogP contribution in [-0.4, -0.2) is 82.2 Å². The first-order valence-electron chi connectivity index (χ1n) is 13.1. The molecule has 0 spiro atoms. The molecule has 1 amide bonds. The van der Waals surface area contributed by atoms with Gasteiger partial charge in [0.05, 0.1) is 10.5 Å². The molecular formula is C28H38ClF3N4O3S. The van der Waals surface area contributed by atoms with Crippen molar-refractivity contribution in [2.75, 3.05) is 62.3 Å². The molecule has 2 fully saturated rings. The lowest BCUT2D eigenvalue weighted by atomic mass is 10.0. The van der Waals surface area contributed by atoms with Crippen LogP contribution < -0.4 is 10.2 Å². The highest BCUT2D eigenvalue weighted by Gasteiger charge is 2.36. The van der Waals surface area contributed by atoms with Crippen LogP contribution in [0.15, 0.2) is 47.4 Å². The molecule has 4 rings (SSSR count). The smallest absolute Gasteiger partial charge is 0.382 e. The van der Waals surface area contributed by atoms with Crippen LogP contribution in [0.5, 0.6) is 0 Å². The summed E-state index contributed by atoms with van der Waals surface area (Å²) in [6, 6.07) is 11.0. The molecule has 12 heteroatoms. The van der Waals surface area contributed by atoms with Gasteiger partial charge in [-0.05, 0) is 68.3 Å². The Kier molecular flexibility index (Phi) is 10.8. The van der Waals surface area contributed by atoms with Crippen LogP contribution in [0.25, 0.3) is 0 Å². The maximum Gasteiger partial charge on any atom is 0.417 e. The molecule has 0 bridgehead atoms. The zero-order valence-corrected chi connectivity index (χ0v) is 23.5. The molecule has 2 aliphatic heterocycles. The maximum absolute atomic E-state index is 13.5. The summed E-state index contributed by atoms with van der Waals surface area (Å²) >= 11 is 5.98. The molecule has 2 heterocycles. The fraction of sp³-hybridized carbons (Fsp3) is 0.536. The fourth-order valence-electron chi connectivity index (χ4n) is 5.17. The molecular weight excluding hydrogens is 565 g/mol. The quantitative estimate of drug-likeness (QED) is 0.436. The molecule has 0 aliphatic carbocycles. The second-order valence-corrected chi connectivity index (χ2v) is 12.6. The Bertz CT molecular complexity index is 1240. The van der Waals surface area contributed by atoms with Crippen molar-refractivity contribution >= 4 is 38.7 Å². The van der Waals surface area contributed by atoms with Gasteiger partial charge in [0.15, 0.2) is 9.84 Å². The highest BCUT2D eigenvalue weighted by molar-refractivity contribution is 7.90. The number of likely N-dealkylation sites (tertiary alicyclic amines) is 1. The number of piperazine rings is 1. The summed E-state index contributed by atoms with van der Waals surface area (Å²) in [5, 5.41) is 3.81. The molecule has 0 radical (unpaired) electrons. The molecule has 0 aromatic heterocycles. The SMILES string of the molecule is C.CS(=O)(=O)c1ccc(NC2CCN(C(=O)CCCN3CCN(c4ccc(Cl)cc4)CC3)CC2)cc1C(F)(F)F. The minimum absolute atomic E-state index is 0. The summed E-state index contributed by atoms with van der Waals surface area (Å²) in [4.78, 5) is 18.5. The molecule has 0 unspecified atom stereocenters. The van der Waals surface area contributed by atoms with E-state index in [-0.39, 0.29) is 25.1 Å². The number of sulfone groups is 1. The van der Waals surface area contributed by atoms with Crippen LogP contribution in [0.3, 0.4) is 0 Å². The summed E-state index contributed by atoms with van der Waals surface area (Å²) in [5.41, 5.74) is 0.212. The topological polar surface area (TPSA) is 73.0 Å². The lowest BCUT2D eigenvalue weighted by molar-refractivity contribution is -0.139. The summed E-state index contributed by atoms with van der Waals surface area (Å²) < 4.78 is 63.9. The number of hydrogen-bond donors (Lipinski definition) is 1. The predicted octanol–water partition coefficient (Wildman–Crippen LogP) is 5.40. The Morgan fingerprint density at radius 3 is 2.20 bits per heavy atom. The highest BCUT2D eigenvalue weighted by Crippen LogP contribution is 2.36. The van der Waals surface area contributed by atoms with Gasteiger partial charge in [-0.2, -0.15) is 13.2 Å². The molecule has 40 heavy (non-hydrogen) atoms. The Labute approximate surface area is 240 Å². The van der Waals surface area contributed by atoms with E-state index in [9.17, 15) is 26.4 Å². The zero-order valence-electron chi connectivity index (χ0n) is 21.9. The van der Waals surface area contributed by atoms with Crippen LogP contribution in [0.4, 0.5) is 24.5 Å². The first kappa shape index (κ1) is 32.0. The Morgan fingerprint density at radius 1 is 1.00 bits per heavy atom. The van der Waals surface area contributed by atoms with Crippen molar-refractivity contribution in [1.82, 2.24) is 9.80 Å². The minimum atomic E-state index is -4.78. The number of nitrogens with zero attached hydrogens (tertiary/aromatic N) is 3. The summed E-state index contributed by atoms with van der Waals surface area (Å²) in [6.07, 6.45) is -1.56. The second kappa shape index (κ2) is 13.4. The third kappa shape index (κ3) is 8.50. The average Bonchev–Trinajstić information content (AvgIpc) is 2.89. The summed E-state index contributed by atoms with van der Waals surface area (Å²) in [5.74, 6) is 0.102. The van der Waals surface area contributed by atoms with Gasteiger partial charge in [-0.25, -0.2) is 8.42 Å². The van der Waals surface area contributed by atoms with Crippen molar-refractivity contribution in [2.45, 2.75) is 50.2 Å². The number of nitrogens with one attached hydrogen (secondary N) is 1. The first-order valence-corrected chi connectivity index (χ1v) is 15.4. The number of anilines is 2. The highest BCUT2D eigenvalue weighted by atomic mass is 35.5. The number of carbonyl (C=O) groups excluding carboxylic acids is 1. The van der Waals surface area contributed by atoms with Crippen molar-refractivity contribution in [2.24, 2.45) is 0 Å². The molecule has 222 valence electrons. The average molecular weight is 603 g/mol. The van der Waals surface area contributed by atoms with Gasteiger partial charge in [-0.1, -0.05) is 19.0 Å². The number of rotatable bonds is 8. The fourth-order valence-corrected chi connectivity index (χ4v) is 6.18. The third-order valence-electron chi connectivity index (χ3n) is 7.33. The zero-order chi connectivity index (χ0) is 28.2. The van der Waals surface area contributed by atoms with Crippen molar-refractivity contribution in [3.63, 3.8) is 0 Å². The van der Waals surface area contributed by atoms with E-state index < -0.39 is 26.5 Å². The normalized spacial score (nSPS) is 17.4. The maximum atomic E-state index is 13.5. The molecule has 0 atom stereocenters. The van der Waals surface area contributed by atoms with E-state index in [0.29, 0.717) is 32.4 Å². The van der Waals surface area contributed by atoms with Gasteiger partial charge >= 0.3 is 6.18 Å². The van der Waals surface area contributed by atoms with E-state index in [1.54, 1.807) is 0 Å². The van der Waals surface area contributed by atoms with E-state index >= 15 is 0 Å². The monoisotopic (exact) mass is 602 g/mol. The largest absolute Gasteiger partial charge is 0.417 e. The van der Waals surface area contributed by atoms with Crippen molar-refractivity contribution < 1.29 is 26.4 Å². The standard InChI is InChI=1S/C27H34ClF3N4O3S.CH4/c1-39(37,38)25-9-6-22(19-24(25)27(29,30)31)32-21-10-13-35(14-11-21)26(36)3-2-12-33-15-17-34(18-16-33)23-7-4-20(28)5-8-23;/h4-9,19,21,32H,2-3,10-18H2,1H3;1H4. The van der Waals surface area contributed by atoms with Gasteiger partial charge < -0.3 is 15.1 Å². The first-order chi connectivity index (χ1) is 18.4. The summed E-state index contributed by atoms with van der Waals surface area (Å²) in [7, 11) is -4.01. The van der Waals surface area contributed by atoms with Gasteiger partial charge in [0.2, 0.25) is 5.91 Å². The van der Waals surface area contributed by atoms with Gasteiger partial charge in [-0.15, -0.1) is 0 Å². The van der Waals surface area contributed by atoms with Crippen LogP contribution in [0.1, 0.15) is 38.7 Å². The van der Waals surface area contributed by atoms with Gasteiger partial charge in [-0.3, -0.25) is 9.69 Å². The number of alkyl halides is 3. The second-order valence-electron chi connectivity index (χ2n) is 10.2. The number of amides is 1. The van der Waals surface area contributed by atoms with Crippen LogP contribution in [-0.2, 0) is 20.8 Å². The lowest BCUT2D eigenvalue weighted by Crippen LogP contribution is -2.47. The predicted molar refractivity (Wildman–Crippen MR) is 154 cm³/mol. The lowest BCUT2D eigenvalue weighted by Gasteiger charge is -2.36. The number of piperidine rings is 1. The molecule has 2 aromatic carbocycles. The van der Waals surface area contributed by atoms with Crippen LogP contribution >= 0.6 is 11.6 Å². The van der Waals surface area contributed by atoms with Crippen molar-refractivity contribution in [1.29, 1.82) is 0 Å².